The second-order valence-electron chi connectivity index (χ2n) is 5.63. The molecule has 25 heavy (non-hydrogen) atoms. The van der Waals surface area contributed by atoms with E-state index in [0.717, 1.165) is 6.07 Å². The molecular weight excluding hydrogens is 325 g/mol. The Hall–Kier alpha value is -3.09. The molecule has 3 N–H and O–H groups in total. The third kappa shape index (κ3) is 5.20. The van der Waals surface area contributed by atoms with Crippen LogP contribution in [0.25, 0.3) is 0 Å². The first-order chi connectivity index (χ1) is 11.9. The molecule has 2 aromatic carbocycles. The van der Waals surface area contributed by atoms with Gasteiger partial charge in [-0.15, -0.1) is 0 Å². The van der Waals surface area contributed by atoms with Gasteiger partial charge in [-0.3, -0.25) is 4.79 Å². The highest BCUT2D eigenvalue weighted by molar-refractivity contribution is 6.04. The van der Waals surface area contributed by atoms with Crippen LogP contribution in [0.15, 0.2) is 42.5 Å². The standard InChI is InChI=1S/C18H20FN3O3/c1-11(2)20-18(24)22-14-7-5-13(6-8-14)21-17(23)12-4-9-16(25-3)15(19)10-12/h4-11H,1-3H3,(H,21,23)(H2,20,22,24). The van der Waals surface area contributed by atoms with Crippen LogP contribution in [0.5, 0.6) is 5.75 Å². The minimum absolute atomic E-state index is 0.0310. The lowest BCUT2D eigenvalue weighted by Crippen LogP contribution is -2.34. The van der Waals surface area contributed by atoms with Crippen LogP contribution in [0.1, 0.15) is 24.2 Å². The quantitative estimate of drug-likeness (QED) is 0.774. The van der Waals surface area contributed by atoms with Gasteiger partial charge >= 0.3 is 6.03 Å². The molecule has 0 aliphatic rings. The van der Waals surface area contributed by atoms with Crippen LogP contribution in [0.3, 0.4) is 0 Å². The van der Waals surface area contributed by atoms with Gasteiger partial charge < -0.3 is 20.7 Å². The first kappa shape index (κ1) is 18.3. The normalized spacial score (nSPS) is 10.3. The highest BCUT2D eigenvalue weighted by Crippen LogP contribution is 2.19. The van der Waals surface area contributed by atoms with Gasteiger partial charge in [0.2, 0.25) is 0 Å². The summed E-state index contributed by atoms with van der Waals surface area (Å²) < 4.78 is 18.5. The molecule has 0 unspecified atom stereocenters. The molecule has 6 nitrogen and oxygen atoms in total. The van der Waals surface area contributed by atoms with E-state index in [4.69, 9.17) is 4.74 Å². The van der Waals surface area contributed by atoms with Crippen molar-refractivity contribution >= 4 is 23.3 Å². The maximum Gasteiger partial charge on any atom is 0.319 e. The Kier molecular flexibility index (Phi) is 5.94. The Morgan fingerprint density at radius 3 is 2.12 bits per heavy atom. The van der Waals surface area contributed by atoms with E-state index in [1.165, 1.54) is 19.2 Å². The van der Waals surface area contributed by atoms with Gasteiger partial charge in [0, 0.05) is 23.0 Å². The number of carbonyl (C=O) groups excluding carboxylic acids is 2. The fraction of sp³-hybridized carbons (Fsp3) is 0.222. The summed E-state index contributed by atoms with van der Waals surface area (Å²) in [6, 6.07) is 10.3. The molecule has 0 atom stereocenters. The second-order valence-corrected chi connectivity index (χ2v) is 5.63. The molecule has 132 valence electrons. The minimum atomic E-state index is -0.606. The Morgan fingerprint density at radius 1 is 1.00 bits per heavy atom. The number of hydrogen-bond acceptors (Lipinski definition) is 3. The molecule has 0 spiro atoms. The Bertz CT molecular complexity index is 761. The molecule has 3 amide bonds. The summed E-state index contributed by atoms with van der Waals surface area (Å²) in [4.78, 5) is 23.8. The third-order valence-electron chi connectivity index (χ3n) is 3.23. The van der Waals surface area contributed by atoms with Crippen LogP contribution < -0.4 is 20.7 Å². The van der Waals surface area contributed by atoms with E-state index in [2.05, 4.69) is 16.0 Å². The number of urea groups is 1. The molecule has 0 heterocycles. The average Bonchev–Trinajstić information content (AvgIpc) is 2.55. The number of hydrogen-bond donors (Lipinski definition) is 3. The summed E-state index contributed by atoms with van der Waals surface area (Å²) in [5.41, 5.74) is 1.29. The predicted octanol–water partition coefficient (Wildman–Crippen LogP) is 3.62. The molecule has 2 rings (SSSR count). The first-order valence-corrected chi connectivity index (χ1v) is 7.71. The van der Waals surface area contributed by atoms with E-state index in [9.17, 15) is 14.0 Å². The van der Waals surface area contributed by atoms with Gasteiger partial charge in [-0.05, 0) is 56.3 Å². The lowest BCUT2D eigenvalue weighted by Gasteiger charge is -2.11. The highest BCUT2D eigenvalue weighted by atomic mass is 19.1. The number of nitrogens with one attached hydrogen (secondary N) is 3. The highest BCUT2D eigenvalue weighted by Gasteiger charge is 2.10. The van der Waals surface area contributed by atoms with Gasteiger partial charge in [0.25, 0.3) is 5.91 Å². The zero-order valence-corrected chi connectivity index (χ0v) is 14.2. The number of methoxy groups -OCH3 is 1. The second kappa shape index (κ2) is 8.14. The SMILES string of the molecule is COc1ccc(C(=O)Nc2ccc(NC(=O)NC(C)C)cc2)cc1F. The Balaban J connectivity index is 1.99. The third-order valence-corrected chi connectivity index (χ3v) is 3.23. The van der Waals surface area contributed by atoms with Crippen LogP contribution in [0, 0.1) is 5.82 Å². The van der Waals surface area contributed by atoms with Crippen LogP contribution in [-0.4, -0.2) is 25.1 Å². The van der Waals surface area contributed by atoms with Crippen molar-refractivity contribution in [1.82, 2.24) is 5.32 Å². The van der Waals surface area contributed by atoms with Crippen LogP contribution >= 0.6 is 0 Å². The summed E-state index contributed by atoms with van der Waals surface area (Å²) in [6.45, 7) is 3.72. The number of ether oxygens (including phenoxy) is 1. The van der Waals surface area contributed by atoms with Crippen molar-refractivity contribution < 1.29 is 18.7 Å². The van der Waals surface area contributed by atoms with Gasteiger partial charge in [-0.25, -0.2) is 9.18 Å². The van der Waals surface area contributed by atoms with Gasteiger partial charge in [0.1, 0.15) is 0 Å². The maximum atomic E-state index is 13.7. The lowest BCUT2D eigenvalue weighted by atomic mass is 10.2. The van der Waals surface area contributed by atoms with E-state index in [-0.39, 0.29) is 23.4 Å². The number of benzene rings is 2. The molecule has 0 saturated heterocycles. The topological polar surface area (TPSA) is 79.5 Å². The number of carbonyl (C=O) groups is 2. The van der Waals surface area contributed by atoms with E-state index in [1.54, 1.807) is 24.3 Å². The zero-order chi connectivity index (χ0) is 18.4. The van der Waals surface area contributed by atoms with E-state index in [1.807, 2.05) is 13.8 Å². The fourth-order valence-corrected chi connectivity index (χ4v) is 2.08. The van der Waals surface area contributed by atoms with Crippen molar-refractivity contribution in [3.8, 4) is 5.75 Å². The fourth-order valence-electron chi connectivity index (χ4n) is 2.08. The van der Waals surface area contributed by atoms with Crippen molar-refractivity contribution in [1.29, 1.82) is 0 Å². The Labute approximate surface area is 145 Å². The smallest absolute Gasteiger partial charge is 0.319 e. The molecule has 7 heteroatoms. The van der Waals surface area contributed by atoms with Gasteiger partial charge in [0.15, 0.2) is 11.6 Å². The molecule has 0 aromatic heterocycles. The van der Waals surface area contributed by atoms with Gasteiger partial charge in [-0.2, -0.15) is 0 Å². The summed E-state index contributed by atoms with van der Waals surface area (Å²) in [7, 11) is 1.36. The first-order valence-electron chi connectivity index (χ1n) is 7.71. The van der Waals surface area contributed by atoms with Crippen molar-refractivity contribution in [3.63, 3.8) is 0 Å². The van der Waals surface area contributed by atoms with Crippen molar-refractivity contribution in [2.75, 3.05) is 17.7 Å². The van der Waals surface area contributed by atoms with Crippen LogP contribution in [0.4, 0.5) is 20.6 Å². The van der Waals surface area contributed by atoms with Crippen LogP contribution in [0.2, 0.25) is 0 Å². The van der Waals surface area contributed by atoms with Gasteiger partial charge in [0.05, 0.1) is 7.11 Å². The molecule has 0 bridgehead atoms. The average molecular weight is 345 g/mol. The molecule has 2 aromatic rings. The zero-order valence-electron chi connectivity index (χ0n) is 14.2. The van der Waals surface area contributed by atoms with Crippen molar-refractivity contribution in [3.05, 3.63) is 53.8 Å². The number of halogens is 1. The number of anilines is 2. The summed E-state index contributed by atoms with van der Waals surface area (Å²) >= 11 is 0. The summed E-state index contributed by atoms with van der Waals surface area (Å²) in [5.74, 6) is -0.975. The molecule has 0 aliphatic heterocycles. The minimum Gasteiger partial charge on any atom is -0.494 e. The van der Waals surface area contributed by atoms with Crippen molar-refractivity contribution in [2.45, 2.75) is 19.9 Å². The number of amides is 3. The molecule has 0 fully saturated rings. The van der Waals surface area contributed by atoms with Gasteiger partial charge in [-0.1, -0.05) is 0 Å². The Morgan fingerprint density at radius 2 is 1.60 bits per heavy atom. The summed E-state index contributed by atoms with van der Waals surface area (Å²) in [6.07, 6.45) is 0. The lowest BCUT2D eigenvalue weighted by molar-refractivity contribution is 0.102. The number of rotatable bonds is 5. The molecule has 0 saturated carbocycles. The maximum absolute atomic E-state index is 13.7. The van der Waals surface area contributed by atoms with E-state index < -0.39 is 11.7 Å². The molecule has 0 radical (unpaired) electrons. The van der Waals surface area contributed by atoms with Crippen LogP contribution in [-0.2, 0) is 0 Å². The largest absolute Gasteiger partial charge is 0.494 e. The van der Waals surface area contributed by atoms with E-state index in [0.29, 0.717) is 11.4 Å². The monoisotopic (exact) mass is 345 g/mol. The van der Waals surface area contributed by atoms with E-state index >= 15 is 0 Å². The molecular formula is C18H20FN3O3. The predicted molar refractivity (Wildman–Crippen MR) is 94.6 cm³/mol. The summed E-state index contributed by atoms with van der Waals surface area (Å²) in [5, 5.41) is 8.05. The van der Waals surface area contributed by atoms with Crippen molar-refractivity contribution in [2.24, 2.45) is 0 Å². The molecule has 0 aliphatic carbocycles.